The number of hydrogen-bond acceptors (Lipinski definition) is 6. The molecule has 3 rings (SSSR count). The summed E-state index contributed by atoms with van der Waals surface area (Å²) in [4.78, 5) is 32.2. The van der Waals surface area contributed by atoms with E-state index in [-0.39, 0.29) is 11.3 Å². The molecular formula is C19H20N4O3S. The van der Waals surface area contributed by atoms with Gasteiger partial charge in [0, 0.05) is 19.2 Å². The molecule has 0 bridgehead atoms. The molecule has 140 valence electrons. The van der Waals surface area contributed by atoms with Gasteiger partial charge in [-0.1, -0.05) is 35.6 Å². The van der Waals surface area contributed by atoms with Gasteiger partial charge in [0.15, 0.2) is 5.13 Å². The Labute approximate surface area is 161 Å². The third-order valence-electron chi connectivity index (χ3n) is 4.19. The molecule has 8 heteroatoms. The molecule has 0 saturated heterocycles. The highest BCUT2D eigenvalue weighted by Gasteiger charge is 2.27. The monoisotopic (exact) mass is 384 g/mol. The van der Waals surface area contributed by atoms with Crippen LogP contribution in [0.3, 0.4) is 0 Å². The Morgan fingerprint density at radius 2 is 1.89 bits per heavy atom. The number of hydrogen-bond donors (Lipinski definition) is 0. The largest absolute Gasteiger partial charge is 0.308 e. The minimum atomic E-state index is -0.528. The Morgan fingerprint density at radius 1 is 1.15 bits per heavy atom. The number of rotatable bonds is 6. The minimum Gasteiger partial charge on any atom is -0.308 e. The molecule has 0 unspecified atom stereocenters. The number of nitro groups is 1. The molecule has 0 saturated carbocycles. The Morgan fingerprint density at radius 3 is 2.56 bits per heavy atom. The molecule has 0 aliphatic rings. The summed E-state index contributed by atoms with van der Waals surface area (Å²) in [5.41, 5.74) is 1.75. The number of carbonyl (C=O) groups is 1. The van der Waals surface area contributed by atoms with E-state index in [9.17, 15) is 14.9 Å². The summed E-state index contributed by atoms with van der Waals surface area (Å²) in [6.45, 7) is 2.97. The number of fused-ring (bicyclic) bond motifs is 1. The number of para-hydroxylation sites is 2. The van der Waals surface area contributed by atoms with Gasteiger partial charge < -0.3 is 4.90 Å². The van der Waals surface area contributed by atoms with Gasteiger partial charge in [-0.25, -0.2) is 4.98 Å². The fourth-order valence-corrected chi connectivity index (χ4v) is 3.80. The van der Waals surface area contributed by atoms with Crippen LogP contribution in [0.25, 0.3) is 10.2 Å². The number of carbonyl (C=O) groups excluding carboxylic acids is 1. The first kappa shape index (κ1) is 18.9. The summed E-state index contributed by atoms with van der Waals surface area (Å²) in [5, 5.41) is 11.9. The molecule has 3 aromatic rings. The highest BCUT2D eigenvalue weighted by molar-refractivity contribution is 7.22. The van der Waals surface area contributed by atoms with Gasteiger partial charge in [0.05, 0.1) is 15.1 Å². The van der Waals surface area contributed by atoms with E-state index in [1.807, 2.05) is 44.1 Å². The van der Waals surface area contributed by atoms with E-state index in [0.717, 1.165) is 15.8 Å². The van der Waals surface area contributed by atoms with Crippen LogP contribution in [0.15, 0.2) is 42.5 Å². The van der Waals surface area contributed by atoms with Crippen molar-refractivity contribution in [2.75, 3.05) is 32.1 Å². The first-order valence-corrected chi connectivity index (χ1v) is 9.26. The van der Waals surface area contributed by atoms with Crippen LogP contribution in [0.2, 0.25) is 0 Å². The van der Waals surface area contributed by atoms with Gasteiger partial charge in [-0.3, -0.25) is 19.8 Å². The molecular weight excluding hydrogens is 364 g/mol. The van der Waals surface area contributed by atoms with E-state index in [4.69, 9.17) is 0 Å². The summed E-state index contributed by atoms with van der Waals surface area (Å²) in [6, 6.07) is 11.9. The standard InChI is InChI=1S/C19H20N4O3S/c1-13-7-6-10-16-17(13)20-19(27-16)22(12-11-21(2)3)18(24)14-8-4-5-9-15(14)23(25)26/h4-10H,11-12H2,1-3H3. The van der Waals surface area contributed by atoms with E-state index in [0.29, 0.717) is 18.2 Å². The predicted octanol–water partition coefficient (Wildman–Crippen LogP) is 3.72. The van der Waals surface area contributed by atoms with Gasteiger partial charge in [0.25, 0.3) is 11.6 Å². The number of benzene rings is 2. The fraction of sp³-hybridized carbons (Fsp3) is 0.263. The molecule has 0 atom stereocenters. The third-order valence-corrected chi connectivity index (χ3v) is 5.23. The Hall–Kier alpha value is -2.84. The van der Waals surface area contributed by atoms with E-state index in [1.165, 1.54) is 28.4 Å². The van der Waals surface area contributed by atoms with Crippen molar-refractivity contribution in [3.63, 3.8) is 0 Å². The third kappa shape index (κ3) is 3.96. The quantitative estimate of drug-likeness (QED) is 0.478. The van der Waals surface area contributed by atoms with Gasteiger partial charge in [-0.2, -0.15) is 0 Å². The molecule has 1 amide bonds. The maximum absolute atomic E-state index is 13.2. The van der Waals surface area contributed by atoms with Crippen LogP contribution in [0.5, 0.6) is 0 Å². The molecule has 0 aliphatic heterocycles. The first-order valence-electron chi connectivity index (χ1n) is 8.44. The number of aromatic nitrogens is 1. The second-order valence-electron chi connectivity index (χ2n) is 6.45. The summed E-state index contributed by atoms with van der Waals surface area (Å²) in [5.74, 6) is -0.416. The maximum Gasteiger partial charge on any atom is 0.282 e. The van der Waals surface area contributed by atoms with E-state index in [2.05, 4.69) is 4.98 Å². The molecule has 0 aliphatic carbocycles. The lowest BCUT2D eigenvalue weighted by Gasteiger charge is -2.21. The minimum absolute atomic E-state index is 0.0669. The second kappa shape index (κ2) is 7.81. The van der Waals surface area contributed by atoms with Crippen molar-refractivity contribution in [3.05, 3.63) is 63.7 Å². The molecule has 0 fully saturated rings. The highest BCUT2D eigenvalue weighted by atomic mass is 32.1. The van der Waals surface area contributed by atoms with E-state index < -0.39 is 10.8 Å². The Kier molecular flexibility index (Phi) is 5.48. The fourth-order valence-electron chi connectivity index (χ4n) is 2.73. The predicted molar refractivity (Wildman–Crippen MR) is 108 cm³/mol. The van der Waals surface area contributed by atoms with E-state index >= 15 is 0 Å². The van der Waals surface area contributed by atoms with Crippen molar-refractivity contribution in [2.24, 2.45) is 0 Å². The van der Waals surface area contributed by atoms with Crippen LogP contribution in [0.1, 0.15) is 15.9 Å². The number of likely N-dealkylation sites (N-methyl/N-ethyl adjacent to an activating group) is 1. The number of aryl methyl sites for hydroxylation is 1. The van der Waals surface area contributed by atoms with Crippen molar-refractivity contribution < 1.29 is 9.72 Å². The molecule has 2 aromatic carbocycles. The lowest BCUT2D eigenvalue weighted by molar-refractivity contribution is -0.385. The highest BCUT2D eigenvalue weighted by Crippen LogP contribution is 2.32. The zero-order valence-corrected chi connectivity index (χ0v) is 16.2. The lowest BCUT2D eigenvalue weighted by atomic mass is 10.1. The van der Waals surface area contributed by atoms with Gasteiger partial charge in [-0.15, -0.1) is 0 Å². The number of anilines is 1. The average Bonchev–Trinajstić information content (AvgIpc) is 3.06. The normalized spacial score (nSPS) is 11.1. The van der Waals surface area contributed by atoms with Gasteiger partial charge in [0.1, 0.15) is 5.56 Å². The van der Waals surface area contributed by atoms with E-state index in [1.54, 1.807) is 12.1 Å². The average molecular weight is 384 g/mol. The first-order chi connectivity index (χ1) is 12.9. The zero-order chi connectivity index (χ0) is 19.6. The maximum atomic E-state index is 13.2. The molecule has 1 heterocycles. The number of amides is 1. The van der Waals surface area contributed by atoms with Crippen molar-refractivity contribution >= 4 is 38.3 Å². The number of thiazole rings is 1. The SMILES string of the molecule is Cc1cccc2sc(N(CCN(C)C)C(=O)c3ccccc3[N+](=O)[O-])nc12. The van der Waals surface area contributed by atoms with Crippen molar-refractivity contribution in [3.8, 4) is 0 Å². The van der Waals surface area contributed by atoms with Crippen molar-refractivity contribution in [2.45, 2.75) is 6.92 Å². The van der Waals surface area contributed by atoms with Crippen LogP contribution in [-0.2, 0) is 0 Å². The smallest absolute Gasteiger partial charge is 0.282 e. The molecule has 27 heavy (non-hydrogen) atoms. The van der Waals surface area contributed by atoms with Crippen molar-refractivity contribution in [1.29, 1.82) is 0 Å². The summed E-state index contributed by atoms with van der Waals surface area (Å²) in [7, 11) is 3.83. The second-order valence-corrected chi connectivity index (χ2v) is 7.46. The Balaban J connectivity index is 2.06. The van der Waals surface area contributed by atoms with Gasteiger partial charge >= 0.3 is 0 Å². The van der Waals surface area contributed by atoms with Crippen molar-refractivity contribution in [1.82, 2.24) is 9.88 Å². The van der Waals surface area contributed by atoms with Crippen LogP contribution >= 0.6 is 11.3 Å². The molecule has 7 nitrogen and oxygen atoms in total. The summed E-state index contributed by atoms with van der Waals surface area (Å²) < 4.78 is 0.982. The summed E-state index contributed by atoms with van der Waals surface area (Å²) >= 11 is 1.41. The summed E-state index contributed by atoms with van der Waals surface area (Å²) in [6.07, 6.45) is 0. The van der Waals surface area contributed by atoms with Crippen LogP contribution in [-0.4, -0.2) is 47.9 Å². The number of nitrogens with zero attached hydrogens (tertiary/aromatic N) is 4. The van der Waals surface area contributed by atoms with Gasteiger partial charge in [-0.05, 0) is 38.7 Å². The zero-order valence-electron chi connectivity index (χ0n) is 15.4. The van der Waals surface area contributed by atoms with Crippen LogP contribution < -0.4 is 4.90 Å². The van der Waals surface area contributed by atoms with Crippen LogP contribution in [0.4, 0.5) is 10.8 Å². The topological polar surface area (TPSA) is 79.6 Å². The van der Waals surface area contributed by atoms with Crippen LogP contribution in [0, 0.1) is 17.0 Å². The number of nitro benzene ring substituents is 1. The Bertz CT molecular complexity index is 1000. The molecule has 0 spiro atoms. The lowest BCUT2D eigenvalue weighted by Crippen LogP contribution is -2.37. The molecule has 0 N–H and O–H groups in total. The molecule has 1 aromatic heterocycles. The molecule has 0 radical (unpaired) electrons. The van der Waals surface area contributed by atoms with Gasteiger partial charge in [0.2, 0.25) is 0 Å².